The lowest BCUT2D eigenvalue weighted by Crippen LogP contribution is -2.48. The molecule has 0 saturated heterocycles. The monoisotopic (exact) mass is 294 g/mol. The van der Waals surface area contributed by atoms with Crippen molar-refractivity contribution in [1.82, 2.24) is 10.3 Å². The molecule has 20 heavy (non-hydrogen) atoms. The van der Waals surface area contributed by atoms with Gasteiger partial charge in [-0.2, -0.15) is 17.6 Å². The Bertz CT molecular complexity index is 515. The third-order valence-corrected chi connectivity index (χ3v) is 2.82. The Hall–Kier alpha value is -2.06. The molecule has 1 saturated carbocycles. The van der Waals surface area contributed by atoms with E-state index < -0.39 is 30.0 Å². The van der Waals surface area contributed by atoms with Crippen molar-refractivity contribution in [2.75, 3.05) is 0 Å². The number of amides is 1. The number of halogens is 4. The van der Waals surface area contributed by atoms with Gasteiger partial charge in [0.15, 0.2) is 5.75 Å². The highest BCUT2D eigenvalue weighted by molar-refractivity contribution is 5.65. The Morgan fingerprint density at radius 3 is 2.55 bits per heavy atom. The second-order valence-electron chi connectivity index (χ2n) is 4.34. The van der Waals surface area contributed by atoms with Crippen molar-refractivity contribution in [1.29, 1.82) is 0 Å². The third kappa shape index (κ3) is 3.28. The van der Waals surface area contributed by atoms with Crippen LogP contribution in [0.1, 0.15) is 18.5 Å². The quantitative estimate of drug-likeness (QED) is 0.663. The normalized spacial score (nSPS) is 22.0. The second kappa shape index (κ2) is 5.14. The molecule has 1 aliphatic carbocycles. The van der Waals surface area contributed by atoms with Gasteiger partial charge in [0, 0.05) is 18.9 Å². The van der Waals surface area contributed by atoms with E-state index in [4.69, 9.17) is 9.84 Å². The van der Waals surface area contributed by atoms with Crippen molar-refractivity contribution in [3.05, 3.63) is 23.8 Å². The number of ether oxygens (including phenoxy) is 1. The van der Waals surface area contributed by atoms with E-state index in [1.807, 2.05) is 0 Å². The van der Waals surface area contributed by atoms with Crippen LogP contribution < -0.4 is 10.1 Å². The molecule has 1 aliphatic rings. The summed E-state index contributed by atoms with van der Waals surface area (Å²) in [4.78, 5) is 13.1. The molecule has 5 nitrogen and oxygen atoms in total. The Morgan fingerprint density at radius 1 is 1.40 bits per heavy atom. The zero-order valence-electron chi connectivity index (χ0n) is 9.95. The first-order chi connectivity index (χ1) is 9.25. The van der Waals surface area contributed by atoms with Crippen LogP contribution in [0.4, 0.5) is 22.4 Å². The summed E-state index contributed by atoms with van der Waals surface area (Å²) in [6.07, 6.45) is -5.68. The molecule has 1 fully saturated rings. The Kier molecular flexibility index (Phi) is 3.69. The number of nitrogens with one attached hydrogen (secondary N) is 1. The van der Waals surface area contributed by atoms with Gasteiger partial charge in [-0.15, -0.1) is 0 Å². The van der Waals surface area contributed by atoms with Crippen molar-refractivity contribution in [2.24, 2.45) is 0 Å². The lowest BCUT2D eigenvalue weighted by atomic mass is 9.89. The average Bonchev–Trinajstić information content (AvgIpc) is 2.26. The van der Waals surface area contributed by atoms with Crippen molar-refractivity contribution in [2.45, 2.75) is 31.2 Å². The van der Waals surface area contributed by atoms with Gasteiger partial charge in [0.1, 0.15) is 11.8 Å². The van der Waals surface area contributed by atoms with Gasteiger partial charge in [-0.05, 0) is 12.1 Å². The van der Waals surface area contributed by atoms with Gasteiger partial charge in [-0.3, -0.25) is 0 Å². The average molecular weight is 294 g/mol. The van der Waals surface area contributed by atoms with E-state index >= 15 is 0 Å². The molecule has 1 aromatic rings. The van der Waals surface area contributed by atoms with Crippen LogP contribution in [0.2, 0.25) is 0 Å². The molecule has 1 heterocycles. The maximum atomic E-state index is 13.4. The van der Waals surface area contributed by atoms with E-state index in [2.05, 4.69) is 10.3 Å². The predicted molar refractivity (Wildman–Crippen MR) is 57.8 cm³/mol. The number of aromatic nitrogens is 1. The number of carbonyl (C=O) groups is 1. The van der Waals surface area contributed by atoms with E-state index in [1.54, 1.807) is 0 Å². The van der Waals surface area contributed by atoms with Gasteiger partial charge >= 0.3 is 12.3 Å². The number of rotatable bonds is 3. The van der Waals surface area contributed by atoms with Gasteiger partial charge in [0.05, 0.1) is 0 Å². The second-order valence-corrected chi connectivity index (χ2v) is 4.34. The standard InChI is InChI=1S/C11H10F4N2O3/c12-9-7(1-2-8(17-9)11(13,14)15)20-6-3-5(4-6)16-10(18)19/h1-2,5-6,16H,3-4H2,(H,18,19). The number of hydrogen-bond acceptors (Lipinski definition) is 3. The molecule has 110 valence electrons. The summed E-state index contributed by atoms with van der Waals surface area (Å²) in [5.41, 5.74) is -1.33. The van der Waals surface area contributed by atoms with Crippen LogP contribution in [-0.2, 0) is 6.18 Å². The molecular weight excluding hydrogens is 284 g/mol. The van der Waals surface area contributed by atoms with Gasteiger partial charge in [-0.1, -0.05) is 0 Å². The van der Waals surface area contributed by atoms with Gasteiger partial charge < -0.3 is 15.2 Å². The van der Waals surface area contributed by atoms with E-state index in [0.717, 1.165) is 6.07 Å². The summed E-state index contributed by atoms with van der Waals surface area (Å²) < 4.78 is 55.3. The highest BCUT2D eigenvalue weighted by atomic mass is 19.4. The summed E-state index contributed by atoms with van der Waals surface area (Å²) in [5.74, 6) is -1.72. The van der Waals surface area contributed by atoms with E-state index in [9.17, 15) is 22.4 Å². The van der Waals surface area contributed by atoms with Gasteiger partial charge in [-0.25, -0.2) is 9.78 Å². The summed E-state index contributed by atoms with van der Waals surface area (Å²) in [7, 11) is 0. The van der Waals surface area contributed by atoms with Crippen LogP contribution >= 0.6 is 0 Å². The van der Waals surface area contributed by atoms with Crippen molar-refractivity contribution < 1.29 is 32.2 Å². The van der Waals surface area contributed by atoms with Gasteiger partial charge in [0.25, 0.3) is 5.95 Å². The lowest BCUT2D eigenvalue weighted by Gasteiger charge is -2.34. The van der Waals surface area contributed by atoms with Gasteiger partial charge in [0.2, 0.25) is 0 Å². The summed E-state index contributed by atoms with van der Waals surface area (Å²) in [5, 5.41) is 10.7. The third-order valence-electron chi connectivity index (χ3n) is 2.82. The molecule has 0 spiro atoms. The van der Waals surface area contributed by atoms with Crippen molar-refractivity contribution >= 4 is 6.09 Å². The zero-order chi connectivity index (χ0) is 14.9. The fraction of sp³-hybridized carbons (Fsp3) is 0.455. The molecule has 1 amide bonds. The van der Waals surface area contributed by atoms with Crippen LogP contribution in [0, 0.1) is 5.95 Å². The largest absolute Gasteiger partial charge is 0.485 e. The SMILES string of the molecule is O=C(O)NC1CC(Oc2ccc(C(F)(F)F)nc2F)C1. The molecule has 9 heteroatoms. The number of carboxylic acid groups (broad SMARTS) is 1. The topological polar surface area (TPSA) is 71.5 Å². The molecule has 0 aliphatic heterocycles. The lowest BCUT2D eigenvalue weighted by molar-refractivity contribution is -0.141. The Labute approximate surface area is 110 Å². The van der Waals surface area contributed by atoms with E-state index in [-0.39, 0.29) is 11.8 Å². The molecular formula is C11H10F4N2O3. The first-order valence-corrected chi connectivity index (χ1v) is 5.65. The molecule has 0 aromatic carbocycles. The number of nitrogens with zero attached hydrogens (tertiary/aromatic N) is 1. The first kappa shape index (κ1) is 14.4. The minimum absolute atomic E-state index is 0.289. The summed E-state index contributed by atoms with van der Waals surface area (Å²) in [6, 6.07) is 1.20. The van der Waals surface area contributed by atoms with Crippen LogP contribution in [0.3, 0.4) is 0 Å². The molecule has 0 atom stereocenters. The zero-order valence-corrected chi connectivity index (χ0v) is 9.95. The fourth-order valence-electron chi connectivity index (χ4n) is 1.80. The molecule has 2 rings (SSSR count). The minimum atomic E-state index is -4.72. The highest BCUT2D eigenvalue weighted by Crippen LogP contribution is 2.31. The number of alkyl halides is 3. The molecule has 2 N–H and O–H groups in total. The van der Waals surface area contributed by atoms with Crippen LogP contribution in [-0.4, -0.2) is 28.3 Å². The number of hydrogen-bond donors (Lipinski definition) is 2. The molecule has 1 aromatic heterocycles. The van der Waals surface area contributed by atoms with E-state index in [0.29, 0.717) is 18.9 Å². The van der Waals surface area contributed by atoms with Crippen LogP contribution in [0.25, 0.3) is 0 Å². The van der Waals surface area contributed by atoms with Crippen molar-refractivity contribution in [3.8, 4) is 5.75 Å². The summed E-state index contributed by atoms with van der Waals surface area (Å²) in [6.45, 7) is 0. The summed E-state index contributed by atoms with van der Waals surface area (Å²) >= 11 is 0. The maximum Gasteiger partial charge on any atom is 0.433 e. The fourth-order valence-corrected chi connectivity index (χ4v) is 1.80. The van der Waals surface area contributed by atoms with Crippen LogP contribution in [0.15, 0.2) is 12.1 Å². The first-order valence-electron chi connectivity index (χ1n) is 5.65. The molecule has 0 radical (unpaired) electrons. The Balaban J connectivity index is 1.94. The molecule has 0 bridgehead atoms. The smallest absolute Gasteiger partial charge is 0.433 e. The number of pyridine rings is 1. The minimum Gasteiger partial charge on any atom is -0.485 e. The predicted octanol–water partition coefficient (Wildman–Crippen LogP) is 2.42. The van der Waals surface area contributed by atoms with Crippen molar-refractivity contribution in [3.63, 3.8) is 0 Å². The molecule has 0 unspecified atom stereocenters. The highest BCUT2D eigenvalue weighted by Gasteiger charge is 2.35. The maximum absolute atomic E-state index is 13.4. The van der Waals surface area contributed by atoms with Crippen LogP contribution in [0.5, 0.6) is 5.75 Å². The van der Waals surface area contributed by atoms with E-state index in [1.165, 1.54) is 0 Å². The Morgan fingerprint density at radius 2 is 2.05 bits per heavy atom.